The van der Waals surface area contributed by atoms with Crippen LogP contribution in [0.2, 0.25) is 0 Å². The summed E-state index contributed by atoms with van der Waals surface area (Å²) in [7, 11) is 2.13. The van der Waals surface area contributed by atoms with Crippen LogP contribution in [0.3, 0.4) is 0 Å². The molecule has 1 aromatic carbocycles. The lowest BCUT2D eigenvalue weighted by Gasteiger charge is -2.21. The molecule has 0 aliphatic heterocycles. The molecule has 1 fully saturated rings. The number of nitrogens with two attached hydrogens (primary N) is 1. The molecule has 2 rings (SSSR count). The van der Waals surface area contributed by atoms with Crippen LogP contribution in [-0.4, -0.2) is 13.6 Å². The number of aryl methyl sites for hydroxylation is 1. The van der Waals surface area contributed by atoms with Crippen molar-refractivity contribution in [3.63, 3.8) is 0 Å². The summed E-state index contributed by atoms with van der Waals surface area (Å²) in [6.07, 6.45) is 2.77. The molecular formula is C12H18N2. The zero-order valence-corrected chi connectivity index (χ0v) is 8.96. The van der Waals surface area contributed by atoms with Crippen molar-refractivity contribution in [2.75, 3.05) is 24.2 Å². The van der Waals surface area contributed by atoms with Gasteiger partial charge in [0.1, 0.15) is 0 Å². The summed E-state index contributed by atoms with van der Waals surface area (Å²) in [6.45, 7) is 3.25. The van der Waals surface area contributed by atoms with Crippen molar-refractivity contribution in [1.29, 1.82) is 0 Å². The summed E-state index contributed by atoms with van der Waals surface area (Å²) in [5.41, 5.74) is 9.29. The Kier molecular flexibility index (Phi) is 2.36. The Bertz CT molecular complexity index is 329. The minimum atomic E-state index is 0.888. The van der Waals surface area contributed by atoms with E-state index in [2.05, 4.69) is 31.0 Å². The molecule has 1 aliphatic rings. The third-order valence-electron chi connectivity index (χ3n) is 2.83. The fourth-order valence-corrected chi connectivity index (χ4v) is 1.77. The van der Waals surface area contributed by atoms with Crippen molar-refractivity contribution in [3.05, 3.63) is 23.8 Å². The van der Waals surface area contributed by atoms with Crippen LogP contribution in [0.4, 0.5) is 11.4 Å². The molecule has 0 amide bonds. The molecule has 1 saturated carbocycles. The zero-order valence-electron chi connectivity index (χ0n) is 8.96. The Balaban J connectivity index is 2.15. The van der Waals surface area contributed by atoms with Crippen LogP contribution in [0, 0.1) is 12.8 Å². The normalized spacial score (nSPS) is 15.6. The number of rotatable bonds is 3. The van der Waals surface area contributed by atoms with E-state index in [1.165, 1.54) is 24.1 Å². The highest BCUT2D eigenvalue weighted by Crippen LogP contribution is 2.32. The van der Waals surface area contributed by atoms with E-state index < -0.39 is 0 Å². The number of nitrogens with zero attached hydrogens (tertiary/aromatic N) is 1. The second-order valence-corrected chi connectivity index (χ2v) is 4.39. The van der Waals surface area contributed by atoms with E-state index in [1.807, 2.05) is 6.07 Å². The highest BCUT2D eigenvalue weighted by molar-refractivity contribution is 5.68. The standard InChI is InChI=1S/C12H18N2/c1-9-3-6-11(13)12(7-9)14(2)8-10-4-5-10/h3,6-7,10H,4-5,8,13H2,1-2H3. The lowest BCUT2D eigenvalue weighted by atomic mass is 10.2. The largest absolute Gasteiger partial charge is 0.397 e. The van der Waals surface area contributed by atoms with Gasteiger partial charge in [-0.3, -0.25) is 0 Å². The molecule has 2 N–H and O–H groups in total. The highest BCUT2D eigenvalue weighted by Gasteiger charge is 2.23. The Labute approximate surface area is 85.7 Å². The average molecular weight is 190 g/mol. The summed E-state index contributed by atoms with van der Waals surface area (Å²) < 4.78 is 0. The smallest absolute Gasteiger partial charge is 0.0600 e. The van der Waals surface area contributed by atoms with Crippen LogP contribution in [0.5, 0.6) is 0 Å². The average Bonchev–Trinajstić information content (AvgIpc) is 2.93. The molecule has 2 heteroatoms. The predicted octanol–water partition coefficient (Wildman–Crippen LogP) is 2.42. The minimum Gasteiger partial charge on any atom is -0.397 e. The summed E-state index contributed by atoms with van der Waals surface area (Å²) in [5.74, 6) is 0.903. The lowest BCUT2D eigenvalue weighted by Crippen LogP contribution is -2.21. The van der Waals surface area contributed by atoms with Crippen LogP contribution < -0.4 is 10.6 Å². The summed E-state index contributed by atoms with van der Waals surface area (Å²) in [4.78, 5) is 2.28. The van der Waals surface area contributed by atoms with Crippen molar-refractivity contribution in [2.45, 2.75) is 19.8 Å². The first kappa shape index (κ1) is 9.38. The van der Waals surface area contributed by atoms with E-state index in [1.54, 1.807) is 0 Å². The molecule has 0 heterocycles. The van der Waals surface area contributed by atoms with E-state index in [4.69, 9.17) is 5.73 Å². The van der Waals surface area contributed by atoms with Gasteiger partial charge in [-0.2, -0.15) is 0 Å². The molecule has 0 spiro atoms. The van der Waals surface area contributed by atoms with Gasteiger partial charge in [-0.05, 0) is 43.4 Å². The highest BCUT2D eigenvalue weighted by atomic mass is 15.1. The Morgan fingerprint density at radius 1 is 1.43 bits per heavy atom. The molecule has 14 heavy (non-hydrogen) atoms. The molecule has 0 atom stereocenters. The van der Waals surface area contributed by atoms with Gasteiger partial charge in [-0.1, -0.05) is 6.07 Å². The van der Waals surface area contributed by atoms with Gasteiger partial charge in [0.15, 0.2) is 0 Å². The fourth-order valence-electron chi connectivity index (χ4n) is 1.77. The van der Waals surface area contributed by atoms with Crippen LogP contribution in [0.1, 0.15) is 18.4 Å². The van der Waals surface area contributed by atoms with Gasteiger partial charge in [0, 0.05) is 13.6 Å². The third kappa shape index (κ3) is 2.00. The van der Waals surface area contributed by atoms with E-state index in [-0.39, 0.29) is 0 Å². The molecule has 0 radical (unpaired) electrons. The maximum absolute atomic E-state index is 5.94. The Morgan fingerprint density at radius 2 is 2.14 bits per heavy atom. The van der Waals surface area contributed by atoms with E-state index in [9.17, 15) is 0 Å². The SMILES string of the molecule is Cc1ccc(N)c(N(C)CC2CC2)c1. The van der Waals surface area contributed by atoms with Crippen molar-refractivity contribution >= 4 is 11.4 Å². The van der Waals surface area contributed by atoms with Crippen molar-refractivity contribution in [2.24, 2.45) is 5.92 Å². The first-order valence-corrected chi connectivity index (χ1v) is 5.24. The minimum absolute atomic E-state index is 0.888. The van der Waals surface area contributed by atoms with Gasteiger partial charge in [0.2, 0.25) is 0 Å². The molecule has 1 aliphatic carbocycles. The molecule has 0 unspecified atom stereocenters. The quantitative estimate of drug-likeness (QED) is 0.742. The lowest BCUT2D eigenvalue weighted by molar-refractivity contribution is 0.788. The first-order valence-electron chi connectivity index (χ1n) is 5.24. The van der Waals surface area contributed by atoms with Crippen LogP contribution >= 0.6 is 0 Å². The Morgan fingerprint density at radius 3 is 2.79 bits per heavy atom. The van der Waals surface area contributed by atoms with Gasteiger partial charge in [-0.15, -0.1) is 0 Å². The number of hydrogen-bond donors (Lipinski definition) is 1. The van der Waals surface area contributed by atoms with Crippen molar-refractivity contribution in [1.82, 2.24) is 0 Å². The molecule has 76 valence electrons. The van der Waals surface area contributed by atoms with Crippen LogP contribution in [0.15, 0.2) is 18.2 Å². The first-order chi connectivity index (χ1) is 6.66. The Hall–Kier alpha value is -1.18. The summed E-state index contributed by atoms with van der Waals surface area (Å²) >= 11 is 0. The van der Waals surface area contributed by atoms with Gasteiger partial charge in [-0.25, -0.2) is 0 Å². The van der Waals surface area contributed by atoms with Crippen molar-refractivity contribution in [3.8, 4) is 0 Å². The van der Waals surface area contributed by atoms with E-state index in [0.29, 0.717) is 0 Å². The molecular weight excluding hydrogens is 172 g/mol. The van der Waals surface area contributed by atoms with E-state index >= 15 is 0 Å². The number of benzene rings is 1. The number of anilines is 2. The zero-order chi connectivity index (χ0) is 10.1. The predicted molar refractivity (Wildman–Crippen MR) is 61.6 cm³/mol. The summed E-state index contributed by atoms with van der Waals surface area (Å²) in [5, 5.41) is 0. The number of hydrogen-bond acceptors (Lipinski definition) is 2. The van der Waals surface area contributed by atoms with E-state index in [0.717, 1.165) is 18.2 Å². The van der Waals surface area contributed by atoms with Gasteiger partial charge < -0.3 is 10.6 Å². The second kappa shape index (κ2) is 3.52. The second-order valence-electron chi connectivity index (χ2n) is 4.39. The van der Waals surface area contributed by atoms with Gasteiger partial charge >= 0.3 is 0 Å². The molecule has 0 bridgehead atoms. The van der Waals surface area contributed by atoms with Crippen LogP contribution in [0.25, 0.3) is 0 Å². The monoisotopic (exact) mass is 190 g/mol. The topological polar surface area (TPSA) is 29.3 Å². The van der Waals surface area contributed by atoms with Crippen molar-refractivity contribution < 1.29 is 0 Å². The van der Waals surface area contributed by atoms with Crippen LogP contribution in [-0.2, 0) is 0 Å². The summed E-state index contributed by atoms with van der Waals surface area (Å²) in [6, 6.07) is 6.22. The van der Waals surface area contributed by atoms with Gasteiger partial charge in [0.25, 0.3) is 0 Å². The van der Waals surface area contributed by atoms with Gasteiger partial charge in [0.05, 0.1) is 11.4 Å². The molecule has 0 aromatic heterocycles. The maximum Gasteiger partial charge on any atom is 0.0600 e. The maximum atomic E-state index is 5.94. The molecule has 2 nitrogen and oxygen atoms in total. The molecule has 0 saturated heterocycles. The molecule has 1 aromatic rings. The number of nitrogen functional groups attached to an aromatic ring is 1. The fraction of sp³-hybridized carbons (Fsp3) is 0.500. The third-order valence-corrected chi connectivity index (χ3v) is 2.83.